The summed E-state index contributed by atoms with van der Waals surface area (Å²) in [6.07, 6.45) is 0. The minimum absolute atomic E-state index is 2.24. The molecule has 0 fully saturated rings. The number of aliphatic carboxylic acids is 2. The molecule has 4 nitrogen and oxygen atoms in total. The van der Waals surface area contributed by atoms with E-state index in [1.807, 2.05) is 0 Å². The number of carboxylic acid groups (broad SMARTS) is 2. The summed E-state index contributed by atoms with van der Waals surface area (Å²) in [5.41, 5.74) is 0. The Bertz CT molecular complexity index is 185. The van der Waals surface area contributed by atoms with Crippen LogP contribution in [0.5, 0.6) is 0 Å². The highest BCUT2D eigenvalue weighted by atomic mass is 19.2. The molecule has 2 N–H and O–H groups in total. The quantitative estimate of drug-likeness (QED) is 0.558. The fraction of sp³-hybridized carbons (Fsp3) is 0. The summed E-state index contributed by atoms with van der Waals surface area (Å²) < 4.78 is 23.4. The minimum atomic E-state index is -2.30. The highest BCUT2D eigenvalue weighted by Crippen LogP contribution is 2.07. The minimum Gasteiger partial charge on any atom is -0.476 e. The van der Waals surface area contributed by atoms with E-state index in [4.69, 9.17) is 10.2 Å². The molecule has 0 unspecified atom stereocenters. The van der Waals surface area contributed by atoms with Gasteiger partial charge in [0.15, 0.2) is 0 Å². The van der Waals surface area contributed by atoms with Gasteiger partial charge in [0.2, 0.25) is 0 Å². The highest BCUT2D eigenvalue weighted by molar-refractivity contribution is 5.95. The average Bonchev–Trinajstić information content (AvgIpc) is 1.84. The zero-order valence-electron chi connectivity index (χ0n) is 4.47. The van der Waals surface area contributed by atoms with E-state index < -0.39 is 23.6 Å². The molecule has 6 heteroatoms. The Labute approximate surface area is 53.4 Å². The molecule has 56 valence electrons. The van der Waals surface area contributed by atoms with Crippen LogP contribution in [-0.2, 0) is 9.59 Å². The van der Waals surface area contributed by atoms with Crippen LogP contribution < -0.4 is 0 Å². The maximum absolute atomic E-state index is 11.7. The van der Waals surface area contributed by atoms with Crippen molar-refractivity contribution in [2.24, 2.45) is 0 Å². The number of hydrogen-bond acceptors (Lipinski definition) is 2. The Kier molecular flexibility index (Phi) is 2.48. The van der Waals surface area contributed by atoms with Crippen LogP contribution in [0.25, 0.3) is 0 Å². The molecule has 0 radical (unpaired) electrons. The zero-order valence-corrected chi connectivity index (χ0v) is 4.47. The van der Waals surface area contributed by atoms with Crippen molar-refractivity contribution in [1.29, 1.82) is 0 Å². The van der Waals surface area contributed by atoms with E-state index >= 15 is 0 Å². The van der Waals surface area contributed by atoms with E-state index in [1.54, 1.807) is 0 Å². The van der Waals surface area contributed by atoms with Crippen LogP contribution in [0, 0.1) is 0 Å². The maximum atomic E-state index is 11.7. The molecule has 0 aromatic rings. The molecule has 10 heavy (non-hydrogen) atoms. The van der Waals surface area contributed by atoms with Crippen LogP contribution in [0.15, 0.2) is 11.7 Å². The number of hydrogen-bond donors (Lipinski definition) is 2. The summed E-state index contributed by atoms with van der Waals surface area (Å²) in [6, 6.07) is 0. The molecule has 0 aromatic heterocycles. The van der Waals surface area contributed by atoms with Gasteiger partial charge in [0, 0.05) is 0 Å². The largest absolute Gasteiger partial charge is 0.476 e. The molecule has 0 rings (SSSR count). The Balaban J connectivity index is 4.67. The molecule has 0 spiro atoms. The molecule has 0 saturated carbocycles. The van der Waals surface area contributed by atoms with E-state index in [0.29, 0.717) is 0 Å². The molecule has 0 atom stereocenters. The van der Waals surface area contributed by atoms with Gasteiger partial charge in [-0.3, -0.25) is 0 Å². The lowest BCUT2D eigenvalue weighted by Crippen LogP contribution is -2.04. The van der Waals surface area contributed by atoms with Crippen LogP contribution in [0.4, 0.5) is 8.78 Å². The SMILES string of the molecule is O=C(O)/C(F)=C(\F)C(=O)O. The first kappa shape index (κ1) is 8.54. The van der Waals surface area contributed by atoms with Crippen LogP contribution in [-0.4, -0.2) is 22.2 Å². The van der Waals surface area contributed by atoms with Gasteiger partial charge in [-0.1, -0.05) is 0 Å². The average molecular weight is 152 g/mol. The van der Waals surface area contributed by atoms with E-state index in [9.17, 15) is 18.4 Å². The first-order chi connectivity index (χ1) is 4.46. The number of carbonyl (C=O) groups is 2. The summed E-state index contributed by atoms with van der Waals surface area (Å²) in [6.45, 7) is 0. The van der Waals surface area contributed by atoms with Gasteiger partial charge in [0.25, 0.3) is 11.7 Å². The van der Waals surface area contributed by atoms with Crippen molar-refractivity contribution in [3.05, 3.63) is 11.7 Å². The van der Waals surface area contributed by atoms with E-state index in [-0.39, 0.29) is 0 Å². The van der Waals surface area contributed by atoms with Gasteiger partial charge in [0.1, 0.15) is 0 Å². The van der Waals surface area contributed by atoms with Gasteiger partial charge in [0.05, 0.1) is 0 Å². The highest BCUT2D eigenvalue weighted by Gasteiger charge is 2.19. The van der Waals surface area contributed by atoms with Gasteiger partial charge in [-0.2, -0.15) is 8.78 Å². The second-order valence-corrected chi connectivity index (χ2v) is 1.24. The predicted molar refractivity (Wildman–Crippen MR) is 24.5 cm³/mol. The van der Waals surface area contributed by atoms with Crippen molar-refractivity contribution in [1.82, 2.24) is 0 Å². The second kappa shape index (κ2) is 2.90. The maximum Gasteiger partial charge on any atom is 0.368 e. The Morgan fingerprint density at radius 3 is 1.20 bits per heavy atom. The lowest BCUT2D eigenvalue weighted by atomic mass is 10.4. The summed E-state index contributed by atoms with van der Waals surface area (Å²) >= 11 is 0. The summed E-state index contributed by atoms with van der Waals surface area (Å²) in [5.74, 6) is -9.07. The lowest BCUT2D eigenvalue weighted by molar-refractivity contribution is -0.138. The van der Waals surface area contributed by atoms with E-state index in [1.165, 1.54) is 0 Å². The van der Waals surface area contributed by atoms with Crippen molar-refractivity contribution in [3.63, 3.8) is 0 Å². The third-order valence-electron chi connectivity index (χ3n) is 0.568. The van der Waals surface area contributed by atoms with Crippen LogP contribution in [0.3, 0.4) is 0 Å². The van der Waals surface area contributed by atoms with Gasteiger partial charge in [-0.25, -0.2) is 9.59 Å². The van der Waals surface area contributed by atoms with Gasteiger partial charge >= 0.3 is 11.9 Å². The third kappa shape index (κ3) is 1.81. The molecule has 0 saturated heterocycles. The summed E-state index contributed by atoms with van der Waals surface area (Å²) in [4.78, 5) is 19.0. The summed E-state index contributed by atoms with van der Waals surface area (Å²) in [5, 5.41) is 15.3. The van der Waals surface area contributed by atoms with Crippen molar-refractivity contribution in [2.45, 2.75) is 0 Å². The number of halogens is 2. The van der Waals surface area contributed by atoms with Gasteiger partial charge in [-0.15, -0.1) is 0 Å². The first-order valence-corrected chi connectivity index (χ1v) is 1.98. The topological polar surface area (TPSA) is 74.6 Å². The van der Waals surface area contributed by atoms with Gasteiger partial charge < -0.3 is 10.2 Å². The second-order valence-electron chi connectivity index (χ2n) is 1.24. The van der Waals surface area contributed by atoms with Crippen LogP contribution in [0.2, 0.25) is 0 Å². The molecule has 0 bridgehead atoms. The van der Waals surface area contributed by atoms with Crippen molar-refractivity contribution in [3.8, 4) is 0 Å². The monoisotopic (exact) mass is 152 g/mol. The van der Waals surface area contributed by atoms with Crippen molar-refractivity contribution >= 4 is 11.9 Å². The van der Waals surface area contributed by atoms with E-state index in [0.717, 1.165) is 0 Å². The number of rotatable bonds is 2. The van der Waals surface area contributed by atoms with Crippen molar-refractivity contribution < 1.29 is 28.6 Å². The lowest BCUT2D eigenvalue weighted by Gasteiger charge is -1.87. The molecule has 0 heterocycles. The molecule has 0 aliphatic carbocycles. The molecule has 0 aromatic carbocycles. The molecular weight excluding hydrogens is 150 g/mol. The van der Waals surface area contributed by atoms with E-state index in [2.05, 4.69) is 0 Å². The van der Waals surface area contributed by atoms with Crippen molar-refractivity contribution in [2.75, 3.05) is 0 Å². The predicted octanol–water partition coefficient (Wildman–Crippen LogP) is 0.306. The van der Waals surface area contributed by atoms with Crippen LogP contribution in [0.1, 0.15) is 0 Å². The Morgan fingerprint density at radius 1 is 0.900 bits per heavy atom. The Hall–Kier alpha value is -1.46. The normalized spacial score (nSPS) is 12.2. The van der Waals surface area contributed by atoms with Crippen LogP contribution >= 0.6 is 0 Å². The standard InChI is InChI=1S/C4H2F2O4/c5-1(3(7)8)2(6)4(9)10/h(H,7,8)(H,9,10)/b2-1+. The Morgan fingerprint density at radius 2 is 1.10 bits per heavy atom. The molecular formula is C4H2F2O4. The fourth-order valence-corrected chi connectivity index (χ4v) is 0.188. The number of carboxylic acids is 2. The first-order valence-electron chi connectivity index (χ1n) is 1.98. The fourth-order valence-electron chi connectivity index (χ4n) is 0.188. The smallest absolute Gasteiger partial charge is 0.368 e. The van der Waals surface area contributed by atoms with Gasteiger partial charge in [-0.05, 0) is 0 Å². The molecule has 0 amide bonds. The molecule has 0 aliphatic rings. The molecule has 0 aliphatic heterocycles. The zero-order chi connectivity index (χ0) is 8.31. The third-order valence-corrected chi connectivity index (χ3v) is 0.568. The summed E-state index contributed by atoms with van der Waals surface area (Å²) in [7, 11) is 0.